The SMILES string of the molecule is CCC(C)(C)C(=O)N1C[C@H](C)C2c3c(Cl)cncc3[C@H]21. The summed E-state index contributed by atoms with van der Waals surface area (Å²) in [6, 6.07) is 0.185. The number of halogens is 1. The van der Waals surface area contributed by atoms with E-state index in [9.17, 15) is 4.79 Å². The molecule has 1 amide bonds. The number of amides is 1. The van der Waals surface area contributed by atoms with Gasteiger partial charge in [-0.25, -0.2) is 0 Å². The summed E-state index contributed by atoms with van der Waals surface area (Å²) in [4.78, 5) is 19.0. The zero-order chi connectivity index (χ0) is 14.7. The fraction of sp³-hybridized carbons (Fsp3) is 0.625. The highest BCUT2D eigenvalue weighted by Crippen LogP contribution is 2.59. The molecule has 1 aromatic rings. The van der Waals surface area contributed by atoms with Gasteiger partial charge in [0, 0.05) is 30.3 Å². The second-order valence-electron chi connectivity index (χ2n) is 6.77. The van der Waals surface area contributed by atoms with Gasteiger partial charge < -0.3 is 4.90 Å². The maximum Gasteiger partial charge on any atom is 0.228 e. The molecular formula is C16H21ClN2O. The van der Waals surface area contributed by atoms with Crippen LogP contribution in [0.25, 0.3) is 0 Å². The number of carbonyl (C=O) groups is 1. The van der Waals surface area contributed by atoms with E-state index in [1.165, 1.54) is 5.56 Å². The molecule has 3 nitrogen and oxygen atoms in total. The van der Waals surface area contributed by atoms with Crippen LogP contribution in [-0.2, 0) is 4.79 Å². The van der Waals surface area contributed by atoms with Gasteiger partial charge in [-0.2, -0.15) is 0 Å². The number of pyridine rings is 1. The Bertz CT molecular complexity index is 570. The average molecular weight is 293 g/mol. The molecule has 1 saturated heterocycles. The van der Waals surface area contributed by atoms with E-state index in [1.807, 2.05) is 20.0 Å². The van der Waals surface area contributed by atoms with Crippen LogP contribution in [-0.4, -0.2) is 22.3 Å². The summed E-state index contributed by atoms with van der Waals surface area (Å²) in [6.07, 6.45) is 4.44. The number of carbonyl (C=O) groups excluding carboxylic acids is 1. The number of fused-ring (bicyclic) bond motifs is 4. The van der Waals surface area contributed by atoms with E-state index in [2.05, 4.69) is 23.7 Å². The quantitative estimate of drug-likeness (QED) is 0.831. The highest BCUT2D eigenvalue weighted by atomic mass is 35.5. The lowest BCUT2D eigenvalue weighted by Gasteiger charge is -2.41. The van der Waals surface area contributed by atoms with Gasteiger partial charge in [-0.05, 0) is 23.5 Å². The molecule has 2 aliphatic rings. The van der Waals surface area contributed by atoms with Gasteiger partial charge in [0.15, 0.2) is 0 Å². The lowest BCUT2D eigenvalue weighted by Crippen LogP contribution is -2.43. The molecule has 0 N–H and O–H groups in total. The summed E-state index contributed by atoms with van der Waals surface area (Å²) in [6.45, 7) is 9.17. The highest BCUT2D eigenvalue weighted by Gasteiger charge is 2.54. The highest BCUT2D eigenvalue weighted by molar-refractivity contribution is 6.31. The lowest BCUT2D eigenvalue weighted by molar-refractivity contribution is -0.142. The predicted octanol–water partition coefficient (Wildman–Crippen LogP) is 3.79. The second kappa shape index (κ2) is 4.45. The Morgan fingerprint density at radius 3 is 2.85 bits per heavy atom. The normalized spacial score (nSPS) is 27.9. The van der Waals surface area contributed by atoms with Crippen molar-refractivity contribution in [2.24, 2.45) is 11.3 Å². The number of rotatable bonds is 2. The van der Waals surface area contributed by atoms with Gasteiger partial charge in [-0.3, -0.25) is 9.78 Å². The Labute approximate surface area is 125 Å². The summed E-state index contributed by atoms with van der Waals surface area (Å²) in [5.41, 5.74) is 2.06. The number of nitrogens with zero attached hydrogens (tertiary/aromatic N) is 2. The first-order chi connectivity index (χ1) is 9.38. The standard InChI is InChI=1S/C16H21ClN2O/c1-5-16(3,4)15(20)19-8-9(2)12-13-10(14(12)19)6-18-7-11(13)17/h6-7,9,12,14H,5,8H2,1-4H3/t9-,12?,14+/m0/s1. The Kier molecular flexibility index (Phi) is 3.09. The van der Waals surface area contributed by atoms with Crippen molar-refractivity contribution in [1.82, 2.24) is 9.88 Å². The first-order valence-electron chi connectivity index (χ1n) is 7.33. The van der Waals surface area contributed by atoms with Crippen molar-refractivity contribution in [3.05, 3.63) is 28.5 Å². The van der Waals surface area contributed by atoms with Crippen LogP contribution in [0.15, 0.2) is 12.4 Å². The number of likely N-dealkylation sites (tertiary alicyclic amines) is 1. The molecule has 0 saturated carbocycles. The third-order valence-corrected chi connectivity index (χ3v) is 5.42. The second-order valence-corrected chi connectivity index (χ2v) is 7.17. The molecule has 0 aromatic carbocycles. The summed E-state index contributed by atoms with van der Waals surface area (Å²) in [5.74, 6) is 1.10. The first kappa shape index (κ1) is 13.9. The molecule has 0 spiro atoms. The Hall–Kier alpha value is -1.09. The number of hydrogen-bond acceptors (Lipinski definition) is 2. The monoisotopic (exact) mass is 292 g/mol. The molecule has 1 fully saturated rings. The molecule has 4 heteroatoms. The molecule has 3 rings (SSSR count). The molecule has 1 aliphatic carbocycles. The zero-order valence-electron chi connectivity index (χ0n) is 12.5. The van der Waals surface area contributed by atoms with E-state index in [-0.39, 0.29) is 17.4 Å². The zero-order valence-corrected chi connectivity index (χ0v) is 13.2. The maximum absolute atomic E-state index is 12.8. The third kappa shape index (κ3) is 1.72. The van der Waals surface area contributed by atoms with Gasteiger partial charge in [-0.15, -0.1) is 0 Å². The van der Waals surface area contributed by atoms with Crippen LogP contribution in [0.3, 0.4) is 0 Å². The first-order valence-corrected chi connectivity index (χ1v) is 7.70. The van der Waals surface area contributed by atoms with Crippen molar-refractivity contribution in [2.75, 3.05) is 6.54 Å². The third-order valence-electron chi connectivity index (χ3n) is 5.12. The van der Waals surface area contributed by atoms with Crippen LogP contribution in [0.5, 0.6) is 0 Å². The summed E-state index contributed by atoms with van der Waals surface area (Å²) in [5, 5.41) is 0.750. The van der Waals surface area contributed by atoms with E-state index >= 15 is 0 Å². The van der Waals surface area contributed by atoms with Gasteiger partial charge in [-0.1, -0.05) is 39.3 Å². The van der Waals surface area contributed by atoms with E-state index in [1.54, 1.807) is 6.20 Å². The minimum Gasteiger partial charge on any atom is -0.334 e. The Balaban J connectivity index is 1.97. The fourth-order valence-corrected chi connectivity index (χ4v) is 3.84. The molecule has 0 bridgehead atoms. The topological polar surface area (TPSA) is 33.2 Å². The van der Waals surface area contributed by atoms with Crippen molar-refractivity contribution in [1.29, 1.82) is 0 Å². The van der Waals surface area contributed by atoms with Crippen LogP contribution in [0.4, 0.5) is 0 Å². The molecular weight excluding hydrogens is 272 g/mol. The molecule has 1 aliphatic heterocycles. The summed E-state index contributed by atoms with van der Waals surface area (Å²) < 4.78 is 0. The van der Waals surface area contributed by atoms with Crippen molar-refractivity contribution in [2.45, 2.75) is 46.1 Å². The Morgan fingerprint density at radius 1 is 1.50 bits per heavy atom. The van der Waals surface area contributed by atoms with E-state index in [0.29, 0.717) is 11.8 Å². The van der Waals surface area contributed by atoms with Crippen LogP contribution >= 0.6 is 11.6 Å². The van der Waals surface area contributed by atoms with Gasteiger partial charge in [0.05, 0.1) is 11.1 Å². The van der Waals surface area contributed by atoms with Crippen molar-refractivity contribution < 1.29 is 4.79 Å². The van der Waals surface area contributed by atoms with Crippen LogP contribution in [0, 0.1) is 11.3 Å². The largest absolute Gasteiger partial charge is 0.334 e. The molecule has 2 heterocycles. The van der Waals surface area contributed by atoms with Crippen LogP contribution in [0.2, 0.25) is 5.02 Å². The maximum atomic E-state index is 12.8. The predicted molar refractivity (Wildman–Crippen MR) is 79.7 cm³/mol. The van der Waals surface area contributed by atoms with Gasteiger partial charge >= 0.3 is 0 Å². The van der Waals surface area contributed by atoms with Crippen LogP contribution < -0.4 is 0 Å². The molecule has 20 heavy (non-hydrogen) atoms. The minimum atomic E-state index is -0.295. The fourth-order valence-electron chi connectivity index (χ4n) is 3.55. The van der Waals surface area contributed by atoms with Crippen molar-refractivity contribution in [3.63, 3.8) is 0 Å². The summed E-state index contributed by atoms with van der Waals surface area (Å²) >= 11 is 6.28. The number of aromatic nitrogens is 1. The molecule has 1 unspecified atom stereocenters. The van der Waals surface area contributed by atoms with E-state index in [0.717, 1.165) is 23.6 Å². The number of hydrogen-bond donors (Lipinski definition) is 0. The Morgan fingerprint density at radius 2 is 2.20 bits per heavy atom. The molecule has 1 aromatic heterocycles. The smallest absolute Gasteiger partial charge is 0.228 e. The average Bonchev–Trinajstić information content (AvgIpc) is 2.66. The van der Waals surface area contributed by atoms with Crippen molar-refractivity contribution >= 4 is 17.5 Å². The molecule has 3 atom stereocenters. The van der Waals surface area contributed by atoms with Crippen LogP contribution in [0.1, 0.15) is 57.2 Å². The van der Waals surface area contributed by atoms with Crippen molar-refractivity contribution in [3.8, 4) is 0 Å². The van der Waals surface area contributed by atoms with Gasteiger partial charge in [0.25, 0.3) is 0 Å². The van der Waals surface area contributed by atoms with E-state index in [4.69, 9.17) is 11.6 Å². The van der Waals surface area contributed by atoms with E-state index < -0.39 is 0 Å². The van der Waals surface area contributed by atoms with Gasteiger partial charge in [0.2, 0.25) is 5.91 Å². The lowest BCUT2D eigenvalue weighted by atomic mass is 9.70. The molecule has 0 radical (unpaired) electrons. The van der Waals surface area contributed by atoms with Gasteiger partial charge in [0.1, 0.15) is 0 Å². The molecule has 108 valence electrons. The minimum absolute atomic E-state index is 0.185. The summed E-state index contributed by atoms with van der Waals surface area (Å²) in [7, 11) is 0.